The van der Waals surface area contributed by atoms with Crippen molar-refractivity contribution in [2.24, 2.45) is 0 Å². The molecule has 110 valence electrons. The molecule has 1 fully saturated rings. The number of urea groups is 1. The van der Waals surface area contributed by atoms with E-state index in [1.807, 2.05) is 12.1 Å². The average molecular weight is 305 g/mol. The highest BCUT2D eigenvalue weighted by Crippen LogP contribution is 2.43. The van der Waals surface area contributed by atoms with Crippen LogP contribution in [0, 0.1) is 0 Å². The summed E-state index contributed by atoms with van der Waals surface area (Å²) in [4.78, 5) is 26.6. The number of nitrogens with zero attached hydrogens (tertiary/aromatic N) is 1. The van der Waals surface area contributed by atoms with E-state index in [2.05, 4.69) is 15.6 Å². The second-order valence-corrected chi connectivity index (χ2v) is 6.10. The lowest BCUT2D eigenvalue weighted by Gasteiger charge is -2.06. The number of aliphatic carboxylic acids is 1. The Kier molecular flexibility index (Phi) is 3.74. The molecule has 1 aliphatic rings. The van der Waals surface area contributed by atoms with Crippen molar-refractivity contribution in [3.63, 3.8) is 0 Å². The molecular formula is C14H15N3O3S. The number of hydrogen-bond acceptors (Lipinski definition) is 4. The summed E-state index contributed by atoms with van der Waals surface area (Å²) in [6.07, 6.45) is 2.35. The molecule has 7 heteroatoms. The second-order valence-electron chi connectivity index (χ2n) is 5.03. The first kappa shape index (κ1) is 13.8. The number of aromatic nitrogens is 1. The van der Waals surface area contributed by atoms with E-state index in [1.54, 1.807) is 17.4 Å². The summed E-state index contributed by atoms with van der Waals surface area (Å²) in [5, 5.41) is 14.9. The zero-order valence-corrected chi connectivity index (χ0v) is 12.1. The number of benzene rings is 1. The third kappa shape index (κ3) is 3.49. The minimum atomic E-state index is -0.936. The first-order valence-corrected chi connectivity index (χ1v) is 7.60. The Hall–Kier alpha value is -2.15. The molecule has 1 heterocycles. The van der Waals surface area contributed by atoms with Gasteiger partial charge in [-0.2, -0.15) is 0 Å². The summed E-state index contributed by atoms with van der Waals surface area (Å²) in [5.74, 6) is -0.313. The Balaban J connectivity index is 1.63. The Morgan fingerprint density at radius 3 is 2.90 bits per heavy atom. The lowest BCUT2D eigenvalue weighted by molar-refractivity contribution is -0.136. The molecule has 1 aliphatic carbocycles. The number of nitrogens with one attached hydrogen (secondary N) is 2. The molecular weight excluding hydrogens is 290 g/mol. The van der Waals surface area contributed by atoms with Crippen LogP contribution in [0.1, 0.15) is 30.2 Å². The first-order chi connectivity index (χ1) is 10.1. The van der Waals surface area contributed by atoms with Gasteiger partial charge in [0.05, 0.1) is 21.6 Å². The number of thiazole rings is 1. The predicted molar refractivity (Wildman–Crippen MR) is 80.9 cm³/mol. The third-order valence-electron chi connectivity index (χ3n) is 3.21. The van der Waals surface area contributed by atoms with Gasteiger partial charge in [-0.1, -0.05) is 0 Å². The van der Waals surface area contributed by atoms with Crippen molar-refractivity contribution in [1.29, 1.82) is 0 Å². The molecule has 0 spiro atoms. The fourth-order valence-corrected chi connectivity index (χ4v) is 3.16. The summed E-state index contributed by atoms with van der Waals surface area (Å²) < 4.78 is 1.06. The highest BCUT2D eigenvalue weighted by atomic mass is 32.1. The van der Waals surface area contributed by atoms with Crippen molar-refractivity contribution in [1.82, 2.24) is 10.3 Å². The van der Waals surface area contributed by atoms with Gasteiger partial charge in [-0.25, -0.2) is 9.78 Å². The predicted octanol–water partition coefficient (Wildman–Crippen LogP) is 2.77. The first-order valence-electron chi connectivity index (χ1n) is 6.79. The number of fused-ring (bicyclic) bond motifs is 1. The van der Waals surface area contributed by atoms with E-state index in [0.29, 0.717) is 11.6 Å². The van der Waals surface area contributed by atoms with Crippen LogP contribution >= 0.6 is 11.3 Å². The maximum Gasteiger partial charge on any atom is 0.319 e. The van der Waals surface area contributed by atoms with E-state index >= 15 is 0 Å². The molecule has 0 atom stereocenters. The molecule has 1 saturated carbocycles. The average Bonchev–Trinajstić information content (AvgIpc) is 3.18. The fraction of sp³-hybridized carbons (Fsp3) is 0.357. The zero-order chi connectivity index (χ0) is 14.8. The van der Waals surface area contributed by atoms with Crippen molar-refractivity contribution in [2.75, 3.05) is 11.9 Å². The van der Waals surface area contributed by atoms with Gasteiger partial charge in [-0.15, -0.1) is 11.3 Å². The Morgan fingerprint density at radius 2 is 2.19 bits per heavy atom. The third-order valence-corrected chi connectivity index (χ3v) is 4.39. The van der Waals surface area contributed by atoms with Crippen LogP contribution in [0.4, 0.5) is 10.5 Å². The van der Waals surface area contributed by atoms with Crippen molar-refractivity contribution in [3.8, 4) is 0 Å². The van der Waals surface area contributed by atoms with Crippen LogP contribution in [0.2, 0.25) is 0 Å². The van der Waals surface area contributed by atoms with E-state index < -0.39 is 12.0 Å². The molecule has 0 unspecified atom stereocenters. The van der Waals surface area contributed by atoms with E-state index in [-0.39, 0.29) is 13.0 Å². The van der Waals surface area contributed by atoms with Crippen molar-refractivity contribution >= 4 is 39.2 Å². The highest BCUT2D eigenvalue weighted by molar-refractivity contribution is 7.18. The molecule has 1 aromatic carbocycles. The van der Waals surface area contributed by atoms with E-state index in [4.69, 9.17) is 5.11 Å². The van der Waals surface area contributed by atoms with Gasteiger partial charge >= 0.3 is 12.0 Å². The standard InChI is InChI=1S/C14H15N3O3S/c18-12(19)5-6-15-14(20)16-9-3-4-10-11(7-9)21-13(17-10)8-1-2-8/h3-4,7-8H,1-2,5-6H2,(H,18,19)(H2,15,16,20). The lowest BCUT2D eigenvalue weighted by atomic mass is 10.3. The van der Waals surface area contributed by atoms with Crippen LogP contribution in [0.5, 0.6) is 0 Å². The van der Waals surface area contributed by atoms with Gasteiger partial charge in [0.2, 0.25) is 0 Å². The number of carboxylic acid groups (broad SMARTS) is 1. The van der Waals surface area contributed by atoms with Crippen LogP contribution in [0.25, 0.3) is 10.2 Å². The highest BCUT2D eigenvalue weighted by Gasteiger charge is 2.26. The Bertz CT molecular complexity index is 694. The molecule has 0 bridgehead atoms. The largest absolute Gasteiger partial charge is 0.481 e. The maximum atomic E-state index is 11.6. The number of rotatable bonds is 5. The van der Waals surface area contributed by atoms with Gasteiger partial charge in [0.1, 0.15) is 0 Å². The van der Waals surface area contributed by atoms with Gasteiger partial charge < -0.3 is 15.7 Å². The zero-order valence-electron chi connectivity index (χ0n) is 11.3. The molecule has 0 aliphatic heterocycles. The quantitative estimate of drug-likeness (QED) is 0.792. The van der Waals surface area contributed by atoms with Crippen molar-refractivity contribution in [3.05, 3.63) is 23.2 Å². The molecule has 21 heavy (non-hydrogen) atoms. The number of amides is 2. The molecule has 1 aromatic heterocycles. The number of hydrogen-bond donors (Lipinski definition) is 3. The fourth-order valence-electron chi connectivity index (χ4n) is 1.98. The topological polar surface area (TPSA) is 91.3 Å². The molecule has 3 N–H and O–H groups in total. The van der Waals surface area contributed by atoms with Crippen LogP contribution in [-0.4, -0.2) is 28.6 Å². The van der Waals surface area contributed by atoms with E-state index in [9.17, 15) is 9.59 Å². The van der Waals surface area contributed by atoms with Crippen LogP contribution in [0.3, 0.4) is 0 Å². The minimum Gasteiger partial charge on any atom is -0.481 e. The maximum absolute atomic E-state index is 11.6. The van der Waals surface area contributed by atoms with Gasteiger partial charge in [0.25, 0.3) is 0 Å². The molecule has 3 rings (SSSR count). The van der Waals surface area contributed by atoms with Gasteiger partial charge in [0.15, 0.2) is 0 Å². The summed E-state index contributed by atoms with van der Waals surface area (Å²) in [7, 11) is 0. The number of carbonyl (C=O) groups excluding carboxylic acids is 1. The van der Waals surface area contributed by atoms with Gasteiger partial charge in [-0.3, -0.25) is 4.79 Å². The monoisotopic (exact) mass is 305 g/mol. The molecule has 2 amide bonds. The lowest BCUT2D eigenvalue weighted by Crippen LogP contribution is -2.30. The summed E-state index contributed by atoms with van der Waals surface area (Å²) in [6, 6.07) is 5.19. The summed E-state index contributed by atoms with van der Waals surface area (Å²) in [5.41, 5.74) is 1.64. The molecule has 0 saturated heterocycles. The molecule has 6 nitrogen and oxygen atoms in total. The second kappa shape index (κ2) is 5.69. The van der Waals surface area contributed by atoms with Gasteiger partial charge in [0, 0.05) is 18.2 Å². The summed E-state index contributed by atoms with van der Waals surface area (Å²) in [6.45, 7) is 0.107. The number of carboxylic acids is 1. The van der Waals surface area contributed by atoms with Crippen molar-refractivity contribution < 1.29 is 14.7 Å². The number of carbonyl (C=O) groups is 2. The van der Waals surface area contributed by atoms with Gasteiger partial charge in [-0.05, 0) is 31.0 Å². The minimum absolute atomic E-state index is 0.0912. The van der Waals surface area contributed by atoms with Crippen LogP contribution in [0.15, 0.2) is 18.2 Å². The van der Waals surface area contributed by atoms with Crippen molar-refractivity contribution in [2.45, 2.75) is 25.2 Å². The summed E-state index contributed by atoms with van der Waals surface area (Å²) >= 11 is 1.67. The Labute approximate surface area is 125 Å². The Morgan fingerprint density at radius 1 is 1.38 bits per heavy atom. The molecule has 0 radical (unpaired) electrons. The normalized spacial score (nSPS) is 14.1. The smallest absolute Gasteiger partial charge is 0.319 e. The number of anilines is 1. The van der Waals surface area contributed by atoms with Crippen LogP contribution in [-0.2, 0) is 4.79 Å². The molecule has 2 aromatic rings. The SMILES string of the molecule is O=C(O)CCNC(=O)Nc1ccc2nc(C3CC3)sc2c1. The van der Waals surface area contributed by atoms with E-state index in [0.717, 1.165) is 10.2 Å². The van der Waals surface area contributed by atoms with E-state index in [1.165, 1.54) is 17.8 Å². The van der Waals surface area contributed by atoms with Crippen LogP contribution < -0.4 is 10.6 Å².